The maximum atomic E-state index is 11.4. The van der Waals surface area contributed by atoms with Crippen LogP contribution in [-0.2, 0) is 10.0 Å². The Balaban J connectivity index is 1.57. The van der Waals surface area contributed by atoms with Crippen molar-refractivity contribution in [1.29, 1.82) is 0 Å². The molecule has 2 heterocycles. The number of halogens is 1. The Bertz CT molecular complexity index is 1280. The molecule has 0 saturated carbocycles. The molecule has 29 heavy (non-hydrogen) atoms. The van der Waals surface area contributed by atoms with E-state index in [2.05, 4.69) is 26.2 Å². The number of sulfonamides is 1. The number of nitrogens with one attached hydrogen (secondary N) is 1. The minimum absolute atomic E-state index is 0.0465. The Labute approximate surface area is 183 Å². The van der Waals surface area contributed by atoms with Gasteiger partial charge in [0.25, 0.3) is 0 Å². The predicted molar refractivity (Wildman–Crippen MR) is 122 cm³/mol. The van der Waals surface area contributed by atoms with Crippen LogP contribution in [-0.4, -0.2) is 18.4 Å². The molecule has 0 atom stereocenters. The molecule has 0 aliphatic heterocycles. The van der Waals surface area contributed by atoms with Crippen molar-refractivity contribution >= 4 is 65.3 Å². The maximum absolute atomic E-state index is 11.4. The van der Waals surface area contributed by atoms with E-state index in [1.54, 1.807) is 12.1 Å². The summed E-state index contributed by atoms with van der Waals surface area (Å²) in [6.45, 7) is 0. The standard InChI is InChI=1S/C18H14BrN5O2S3/c19-11-3-1-2-10(8-11)14-9-27-17(23-14)15-16(20)24-18(28-15)22-12-4-6-13(7-5-12)29(21,25)26/h1-9H,20H2,(H,22,24)(H2,21,25,26). The van der Waals surface area contributed by atoms with Crippen LogP contribution in [0.3, 0.4) is 0 Å². The highest BCUT2D eigenvalue weighted by Crippen LogP contribution is 2.39. The van der Waals surface area contributed by atoms with Gasteiger partial charge in [0.2, 0.25) is 10.0 Å². The number of nitrogens with zero attached hydrogens (tertiary/aromatic N) is 2. The third kappa shape index (κ3) is 4.49. The van der Waals surface area contributed by atoms with Crippen molar-refractivity contribution in [3.63, 3.8) is 0 Å². The molecule has 2 aromatic carbocycles. The summed E-state index contributed by atoms with van der Waals surface area (Å²) in [7, 11) is -3.73. The van der Waals surface area contributed by atoms with Gasteiger partial charge in [-0.3, -0.25) is 0 Å². The van der Waals surface area contributed by atoms with Crippen LogP contribution in [0.15, 0.2) is 63.3 Å². The van der Waals surface area contributed by atoms with E-state index in [1.807, 2.05) is 29.6 Å². The molecule has 0 unspecified atom stereocenters. The number of thiazole rings is 2. The van der Waals surface area contributed by atoms with E-state index in [1.165, 1.54) is 34.8 Å². The number of benzene rings is 2. The van der Waals surface area contributed by atoms with Crippen molar-refractivity contribution in [2.75, 3.05) is 11.1 Å². The van der Waals surface area contributed by atoms with E-state index in [9.17, 15) is 8.42 Å². The first-order chi connectivity index (χ1) is 13.8. The van der Waals surface area contributed by atoms with Crippen molar-refractivity contribution < 1.29 is 8.42 Å². The van der Waals surface area contributed by atoms with Crippen LogP contribution in [0.2, 0.25) is 0 Å². The second kappa shape index (κ2) is 7.84. The fourth-order valence-electron chi connectivity index (χ4n) is 2.55. The highest BCUT2D eigenvalue weighted by atomic mass is 79.9. The van der Waals surface area contributed by atoms with Crippen LogP contribution in [0.4, 0.5) is 16.6 Å². The summed E-state index contributed by atoms with van der Waals surface area (Å²) in [5.41, 5.74) is 8.66. The topological polar surface area (TPSA) is 124 Å². The Hall–Kier alpha value is -2.31. The number of rotatable bonds is 5. The van der Waals surface area contributed by atoms with Crippen molar-refractivity contribution in [3.8, 4) is 21.1 Å². The van der Waals surface area contributed by atoms with Gasteiger partial charge in [0.15, 0.2) is 5.13 Å². The summed E-state index contributed by atoms with van der Waals surface area (Å²) < 4.78 is 23.7. The summed E-state index contributed by atoms with van der Waals surface area (Å²) in [6, 6.07) is 14.0. The lowest BCUT2D eigenvalue weighted by Gasteiger charge is -2.03. The van der Waals surface area contributed by atoms with E-state index in [0.717, 1.165) is 25.6 Å². The fourth-order valence-corrected chi connectivity index (χ4v) is 5.30. The molecule has 11 heteroatoms. The van der Waals surface area contributed by atoms with E-state index in [4.69, 9.17) is 15.9 Å². The van der Waals surface area contributed by atoms with Crippen LogP contribution in [0.1, 0.15) is 0 Å². The fraction of sp³-hybridized carbons (Fsp3) is 0. The minimum Gasteiger partial charge on any atom is -0.382 e. The zero-order valence-electron chi connectivity index (χ0n) is 14.7. The molecule has 0 saturated heterocycles. The van der Waals surface area contributed by atoms with Gasteiger partial charge in [0.05, 0.1) is 10.6 Å². The Morgan fingerprint density at radius 1 is 1.07 bits per heavy atom. The maximum Gasteiger partial charge on any atom is 0.238 e. The van der Waals surface area contributed by atoms with E-state index in [-0.39, 0.29) is 4.90 Å². The molecular weight excluding hydrogens is 494 g/mol. The first-order valence-corrected chi connectivity index (χ1v) is 12.2. The molecule has 0 aliphatic carbocycles. The van der Waals surface area contributed by atoms with Gasteiger partial charge in [0.1, 0.15) is 15.7 Å². The van der Waals surface area contributed by atoms with Crippen LogP contribution in [0, 0.1) is 0 Å². The molecule has 2 aromatic heterocycles. The monoisotopic (exact) mass is 507 g/mol. The van der Waals surface area contributed by atoms with Gasteiger partial charge in [-0.2, -0.15) is 0 Å². The molecule has 4 aromatic rings. The molecule has 148 valence electrons. The van der Waals surface area contributed by atoms with Gasteiger partial charge >= 0.3 is 0 Å². The normalized spacial score (nSPS) is 11.5. The number of anilines is 3. The lowest BCUT2D eigenvalue weighted by atomic mass is 10.2. The second-order valence-corrected chi connectivity index (χ2v) is 10.3. The summed E-state index contributed by atoms with van der Waals surface area (Å²) in [5, 5.41) is 11.6. The van der Waals surface area contributed by atoms with Crippen LogP contribution in [0.5, 0.6) is 0 Å². The molecule has 0 fully saturated rings. The Kier molecular flexibility index (Phi) is 5.40. The second-order valence-electron chi connectivity index (χ2n) is 5.98. The first-order valence-electron chi connectivity index (χ1n) is 8.17. The van der Waals surface area contributed by atoms with Crippen LogP contribution < -0.4 is 16.2 Å². The molecule has 5 N–H and O–H groups in total. The average Bonchev–Trinajstić information content (AvgIpc) is 3.28. The largest absolute Gasteiger partial charge is 0.382 e. The third-order valence-electron chi connectivity index (χ3n) is 3.91. The quantitative estimate of drug-likeness (QED) is 0.360. The zero-order chi connectivity index (χ0) is 20.6. The van der Waals surface area contributed by atoms with E-state index < -0.39 is 10.0 Å². The number of primary sulfonamides is 1. The molecule has 0 amide bonds. The SMILES string of the molecule is Nc1nc(Nc2ccc(S(N)(=O)=O)cc2)sc1-c1nc(-c2cccc(Br)c2)cs1. The predicted octanol–water partition coefficient (Wildman–Crippen LogP) is 4.67. The highest BCUT2D eigenvalue weighted by Gasteiger charge is 2.15. The highest BCUT2D eigenvalue weighted by molar-refractivity contribution is 9.10. The third-order valence-corrected chi connectivity index (χ3v) is 7.31. The smallest absolute Gasteiger partial charge is 0.238 e. The average molecular weight is 508 g/mol. The summed E-state index contributed by atoms with van der Waals surface area (Å²) in [6.07, 6.45) is 0. The van der Waals surface area contributed by atoms with Gasteiger partial charge in [-0.05, 0) is 36.4 Å². The van der Waals surface area contributed by atoms with E-state index >= 15 is 0 Å². The minimum atomic E-state index is -3.73. The lowest BCUT2D eigenvalue weighted by Crippen LogP contribution is -2.11. The molecule has 0 radical (unpaired) electrons. The van der Waals surface area contributed by atoms with Crippen molar-refractivity contribution in [2.45, 2.75) is 4.90 Å². The molecule has 0 spiro atoms. The molecule has 0 aliphatic rings. The van der Waals surface area contributed by atoms with Gasteiger partial charge in [-0.15, -0.1) is 11.3 Å². The Morgan fingerprint density at radius 3 is 2.52 bits per heavy atom. The number of hydrogen-bond donors (Lipinski definition) is 3. The van der Waals surface area contributed by atoms with Gasteiger partial charge in [0, 0.05) is 21.1 Å². The van der Waals surface area contributed by atoms with Gasteiger partial charge < -0.3 is 11.1 Å². The van der Waals surface area contributed by atoms with E-state index in [0.29, 0.717) is 16.6 Å². The Morgan fingerprint density at radius 2 is 1.83 bits per heavy atom. The number of aromatic nitrogens is 2. The number of hydrogen-bond acceptors (Lipinski definition) is 8. The van der Waals surface area contributed by atoms with Crippen LogP contribution in [0.25, 0.3) is 21.1 Å². The van der Waals surface area contributed by atoms with Crippen molar-refractivity contribution in [1.82, 2.24) is 9.97 Å². The van der Waals surface area contributed by atoms with Gasteiger partial charge in [-0.1, -0.05) is 39.4 Å². The lowest BCUT2D eigenvalue weighted by molar-refractivity contribution is 0.598. The van der Waals surface area contributed by atoms with Gasteiger partial charge in [-0.25, -0.2) is 23.5 Å². The molecular formula is C18H14BrN5O2S3. The zero-order valence-corrected chi connectivity index (χ0v) is 18.7. The van der Waals surface area contributed by atoms with Crippen molar-refractivity contribution in [2.24, 2.45) is 5.14 Å². The number of nitrogen functional groups attached to an aromatic ring is 1. The number of nitrogens with two attached hydrogens (primary N) is 2. The molecule has 4 rings (SSSR count). The molecule has 7 nitrogen and oxygen atoms in total. The summed E-state index contributed by atoms with van der Waals surface area (Å²) in [4.78, 5) is 9.87. The summed E-state index contributed by atoms with van der Waals surface area (Å²) >= 11 is 6.35. The molecule has 0 bridgehead atoms. The van der Waals surface area contributed by atoms with Crippen LogP contribution >= 0.6 is 38.6 Å². The summed E-state index contributed by atoms with van der Waals surface area (Å²) in [5.74, 6) is 0.383. The first kappa shape index (κ1) is 20.0. The van der Waals surface area contributed by atoms with Crippen molar-refractivity contribution in [3.05, 3.63) is 58.4 Å².